The minimum atomic E-state index is -0.985. The van der Waals surface area contributed by atoms with Gasteiger partial charge in [-0.2, -0.15) is 0 Å². The number of rotatable bonds is 10. The smallest absolute Gasteiger partial charge is 0.255 e. The van der Waals surface area contributed by atoms with Gasteiger partial charge in [-0.1, -0.05) is 25.6 Å². The first-order chi connectivity index (χ1) is 21.6. The fourth-order valence-electron chi connectivity index (χ4n) is 6.24. The van der Waals surface area contributed by atoms with E-state index in [0.29, 0.717) is 34.4 Å². The van der Waals surface area contributed by atoms with E-state index in [0.717, 1.165) is 29.3 Å². The summed E-state index contributed by atoms with van der Waals surface area (Å²) >= 11 is 0. The lowest BCUT2D eigenvalue weighted by atomic mass is 9.99. The molecule has 6 rings (SSSR count). The first kappa shape index (κ1) is 30.1. The monoisotopic (exact) mass is 611 g/mol. The molecule has 0 radical (unpaired) electrons. The van der Waals surface area contributed by atoms with Crippen LogP contribution in [0, 0.1) is 0 Å². The van der Waals surface area contributed by atoms with Gasteiger partial charge in [0.2, 0.25) is 23.6 Å². The van der Waals surface area contributed by atoms with Crippen molar-refractivity contribution in [3.05, 3.63) is 77.0 Å². The predicted octanol–water partition coefficient (Wildman–Crippen LogP) is 3.26. The van der Waals surface area contributed by atoms with Crippen molar-refractivity contribution in [1.29, 1.82) is 0 Å². The lowest BCUT2D eigenvalue weighted by Crippen LogP contribution is -2.52. The van der Waals surface area contributed by atoms with Gasteiger partial charge in [-0.05, 0) is 61.1 Å². The quantitative estimate of drug-likeness (QED) is 0.268. The number of nitrogens with zero attached hydrogens (tertiary/aromatic N) is 3. The lowest BCUT2D eigenvalue weighted by Gasteiger charge is -2.32. The number of benzene rings is 2. The Morgan fingerprint density at radius 1 is 1.13 bits per heavy atom. The number of piperidine rings is 1. The van der Waals surface area contributed by atoms with Crippen molar-refractivity contribution in [1.82, 2.24) is 25.0 Å². The van der Waals surface area contributed by atoms with Gasteiger partial charge in [0.15, 0.2) is 0 Å². The third-order valence-electron chi connectivity index (χ3n) is 8.94. The molecule has 3 heterocycles. The highest BCUT2D eigenvalue weighted by Gasteiger charge is 2.40. The van der Waals surface area contributed by atoms with Gasteiger partial charge in [0.25, 0.3) is 5.91 Å². The molecular weight excluding hydrogens is 574 g/mol. The molecule has 1 aliphatic carbocycles. The number of methoxy groups -OCH3 is 1. The van der Waals surface area contributed by atoms with Crippen molar-refractivity contribution in [2.75, 3.05) is 7.11 Å². The van der Waals surface area contributed by atoms with Crippen molar-refractivity contribution in [3.63, 3.8) is 0 Å². The van der Waals surface area contributed by atoms with E-state index in [1.165, 1.54) is 9.80 Å². The van der Waals surface area contributed by atoms with Crippen molar-refractivity contribution in [2.45, 2.75) is 70.2 Å². The van der Waals surface area contributed by atoms with Crippen LogP contribution in [0.15, 0.2) is 54.7 Å². The molecule has 2 aromatic carbocycles. The van der Waals surface area contributed by atoms with Crippen molar-refractivity contribution >= 4 is 40.4 Å². The van der Waals surface area contributed by atoms with Gasteiger partial charge >= 0.3 is 0 Å². The molecule has 2 fully saturated rings. The number of amides is 5. The molecule has 234 valence electrons. The Labute approximate surface area is 261 Å². The molecule has 1 saturated carbocycles. The maximum atomic E-state index is 14.1. The van der Waals surface area contributed by atoms with Crippen LogP contribution in [-0.2, 0) is 39.3 Å². The molecule has 1 aromatic heterocycles. The summed E-state index contributed by atoms with van der Waals surface area (Å²) in [5.41, 5.74) is 3.75. The van der Waals surface area contributed by atoms with Crippen molar-refractivity contribution < 1.29 is 28.7 Å². The topological polar surface area (TPSA) is 130 Å². The van der Waals surface area contributed by atoms with E-state index in [1.807, 2.05) is 55.1 Å². The maximum Gasteiger partial charge on any atom is 0.255 e. The van der Waals surface area contributed by atoms with Gasteiger partial charge in [-0.25, -0.2) is 0 Å². The zero-order valence-corrected chi connectivity index (χ0v) is 25.7. The highest BCUT2D eigenvalue weighted by Crippen LogP contribution is 2.36. The molecule has 3 aliphatic rings. The van der Waals surface area contributed by atoms with Gasteiger partial charge in [0.05, 0.1) is 7.11 Å². The summed E-state index contributed by atoms with van der Waals surface area (Å²) in [6.45, 7) is 6.15. The fourth-order valence-corrected chi connectivity index (χ4v) is 6.24. The van der Waals surface area contributed by atoms with Crippen molar-refractivity contribution in [3.8, 4) is 5.75 Å². The van der Waals surface area contributed by atoms with Gasteiger partial charge in [-0.15, -0.1) is 0 Å². The number of nitrogens with one attached hydrogen (secondary N) is 2. The third-order valence-corrected chi connectivity index (χ3v) is 8.94. The van der Waals surface area contributed by atoms with Crippen LogP contribution in [0.25, 0.3) is 10.9 Å². The van der Waals surface area contributed by atoms with Gasteiger partial charge in [0.1, 0.15) is 17.8 Å². The molecule has 45 heavy (non-hydrogen) atoms. The van der Waals surface area contributed by atoms with E-state index in [-0.39, 0.29) is 55.6 Å². The van der Waals surface area contributed by atoms with E-state index in [9.17, 15) is 24.0 Å². The van der Waals surface area contributed by atoms with Crippen molar-refractivity contribution in [2.24, 2.45) is 7.05 Å². The average Bonchev–Trinajstić information content (AvgIpc) is 3.71. The molecule has 2 aliphatic heterocycles. The van der Waals surface area contributed by atoms with Crippen LogP contribution in [0.1, 0.15) is 72.1 Å². The van der Waals surface area contributed by atoms with E-state index in [1.54, 1.807) is 13.2 Å². The Bertz CT molecular complexity index is 1750. The molecule has 2 unspecified atom stereocenters. The van der Waals surface area contributed by atoms with Gasteiger partial charge in [0, 0.05) is 66.4 Å². The number of ether oxygens (including phenoxy) is 1. The molecule has 0 spiro atoms. The molecule has 3 aromatic rings. The summed E-state index contributed by atoms with van der Waals surface area (Å²) in [5, 5.41) is 6.22. The largest absolute Gasteiger partial charge is 0.497 e. The van der Waals surface area contributed by atoms with Gasteiger partial charge in [-0.3, -0.25) is 29.3 Å². The standard InChI is InChI=1S/C34H37N5O6/c1-5-19(2)33(43)39(16-20-6-7-21-17-38(34(44)24(21)14-20)28-12-13-29(40)36-31(28)41)30(32(42)35-22-8-9-22)26-18-37(3)27-11-10-23(45-4)15-25(26)27/h6-7,10-11,14-15,18,22,28,30H,2,5,8-9,12-13,16-17H2,1,3-4H3,(H,35,42)(H,36,40,41). The summed E-state index contributed by atoms with van der Waals surface area (Å²) in [6, 6.07) is 9.41. The number of carbonyl (C=O) groups is 5. The highest BCUT2D eigenvalue weighted by molar-refractivity contribution is 6.05. The molecule has 1 saturated heterocycles. The van der Waals surface area contributed by atoms with E-state index < -0.39 is 18.0 Å². The van der Waals surface area contributed by atoms with Crippen LogP contribution in [0.2, 0.25) is 0 Å². The minimum Gasteiger partial charge on any atom is -0.497 e. The molecule has 0 bridgehead atoms. The first-order valence-electron chi connectivity index (χ1n) is 15.3. The zero-order chi connectivity index (χ0) is 32.0. The minimum absolute atomic E-state index is 0.0416. The summed E-state index contributed by atoms with van der Waals surface area (Å²) < 4.78 is 7.42. The Morgan fingerprint density at radius 3 is 2.60 bits per heavy atom. The highest BCUT2D eigenvalue weighted by atomic mass is 16.5. The lowest BCUT2D eigenvalue weighted by molar-refractivity contribution is -0.139. The number of aromatic nitrogens is 1. The van der Waals surface area contributed by atoms with E-state index in [4.69, 9.17) is 4.74 Å². The normalized spacial score (nSPS) is 18.4. The summed E-state index contributed by atoms with van der Waals surface area (Å²) in [6.07, 6.45) is 4.48. The number of hydrogen-bond acceptors (Lipinski definition) is 6. The average molecular weight is 612 g/mol. The number of aryl methyl sites for hydroxylation is 1. The number of carbonyl (C=O) groups excluding carboxylic acids is 5. The zero-order valence-electron chi connectivity index (χ0n) is 25.7. The molecule has 2 atom stereocenters. The maximum absolute atomic E-state index is 14.1. The Hall–Kier alpha value is -4.93. The third kappa shape index (κ3) is 5.70. The molecule has 5 amide bonds. The van der Waals surface area contributed by atoms with E-state index >= 15 is 0 Å². The van der Waals surface area contributed by atoms with Crippen LogP contribution in [0.3, 0.4) is 0 Å². The number of fused-ring (bicyclic) bond motifs is 2. The molecule has 2 N–H and O–H groups in total. The van der Waals surface area contributed by atoms with Crippen LogP contribution in [-0.4, -0.2) is 63.1 Å². The van der Waals surface area contributed by atoms with Gasteiger partial charge < -0.3 is 24.4 Å². The number of hydrogen-bond donors (Lipinski definition) is 2. The summed E-state index contributed by atoms with van der Waals surface area (Å²) in [4.78, 5) is 68.9. The Balaban J connectivity index is 1.38. The van der Waals surface area contributed by atoms with Crippen LogP contribution in [0.4, 0.5) is 0 Å². The van der Waals surface area contributed by atoms with Crippen LogP contribution in [0.5, 0.6) is 5.75 Å². The Morgan fingerprint density at radius 2 is 1.91 bits per heavy atom. The molecular formula is C34H37N5O6. The molecule has 11 heteroatoms. The molecule has 11 nitrogen and oxygen atoms in total. The summed E-state index contributed by atoms with van der Waals surface area (Å²) in [5.74, 6) is -1.13. The van der Waals surface area contributed by atoms with Crippen LogP contribution < -0.4 is 15.4 Å². The number of imide groups is 1. The van der Waals surface area contributed by atoms with Crippen LogP contribution >= 0.6 is 0 Å². The second-order valence-corrected chi connectivity index (χ2v) is 12.0. The SMILES string of the molecule is C=C(CC)C(=O)N(Cc1ccc2c(c1)C(=O)N(C1CCC(=O)NC1=O)C2)C(C(=O)NC1CC1)c1cn(C)c2ccc(OC)cc12. The second-order valence-electron chi connectivity index (χ2n) is 12.0. The predicted molar refractivity (Wildman–Crippen MR) is 166 cm³/mol. The second kappa shape index (κ2) is 11.9. The van der Waals surface area contributed by atoms with E-state index in [2.05, 4.69) is 17.2 Å². The first-order valence-corrected chi connectivity index (χ1v) is 15.3. The summed E-state index contributed by atoms with van der Waals surface area (Å²) in [7, 11) is 3.48. The Kier molecular flexibility index (Phi) is 7.94. The fraction of sp³-hybridized carbons (Fsp3) is 0.382.